The molecule has 18 heavy (non-hydrogen) atoms. The van der Waals surface area contributed by atoms with E-state index in [4.69, 9.17) is 0 Å². The average Bonchev–Trinajstić information content (AvgIpc) is 2.40. The molecular weight excluding hydrogens is 250 g/mol. The Balaban J connectivity index is 2.13. The molecule has 0 bridgehead atoms. The van der Waals surface area contributed by atoms with Crippen molar-refractivity contribution in [3.63, 3.8) is 0 Å². The summed E-state index contributed by atoms with van der Waals surface area (Å²) >= 11 is 1.55. The van der Waals surface area contributed by atoms with E-state index in [9.17, 15) is 9.90 Å². The van der Waals surface area contributed by atoms with E-state index in [1.54, 1.807) is 24.2 Å². The van der Waals surface area contributed by atoms with Crippen molar-refractivity contribution in [1.29, 1.82) is 0 Å². The lowest BCUT2D eigenvalue weighted by molar-refractivity contribution is -0.144. The van der Waals surface area contributed by atoms with Crippen LogP contribution >= 0.6 is 11.8 Å². The van der Waals surface area contributed by atoms with Gasteiger partial charge in [0.05, 0.1) is 5.69 Å². The molecule has 1 aliphatic heterocycles. The van der Waals surface area contributed by atoms with E-state index >= 15 is 0 Å². The summed E-state index contributed by atoms with van der Waals surface area (Å²) in [6, 6.07) is -0.379. The van der Waals surface area contributed by atoms with Gasteiger partial charge in [-0.05, 0) is 25.6 Å². The number of rotatable bonds is 4. The van der Waals surface area contributed by atoms with Crippen molar-refractivity contribution < 1.29 is 9.90 Å². The van der Waals surface area contributed by atoms with E-state index in [2.05, 4.69) is 9.97 Å². The SMILES string of the molecule is CSc1nccnc1CN1CCCCC1C(=O)O. The second-order valence-corrected chi connectivity index (χ2v) is 5.13. The van der Waals surface area contributed by atoms with Crippen molar-refractivity contribution >= 4 is 17.7 Å². The van der Waals surface area contributed by atoms with Crippen LogP contribution in [0, 0.1) is 0 Å². The van der Waals surface area contributed by atoms with Crippen LogP contribution in [0.1, 0.15) is 25.0 Å². The van der Waals surface area contributed by atoms with Gasteiger partial charge in [-0.2, -0.15) is 0 Å². The van der Waals surface area contributed by atoms with Gasteiger partial charge in [-0.15, -0.1) is 11.8 Å². The molecule has 1 atom stereocenters. The number of carboxylic acid groups (broad SMARTS) is 1. The van der Waals surface area contributed by atoms with Gasteiger partial charge in [0.1, 0.15) is 11.1 Å². The van der Waals surface area contributed by atoms with Gasteiger partial charge < -0.3 is 5.11 Å². The van der Waals surface area contributed by atoms with Crippen LogP contribution in [0.4, 0.5) is 0 Å². The predicted octanol–water partition coefficient (Wildman–Crippen LogP) is 1.64. The molecule has 0 aromatic carbocycles. The Morgan fingerprint density at radius 1 is 1.50 bits per heavy atom. The molecule has 0 aliphatic carbocycles. The van der Waals surface area contributed by atoms with Gasteiger partial charge in [0, 0.05) is 18.9 Å². The fourth-order valence-corrected chi connectivity index (χ4v) is 2.80. The number of hydrogen-bond acceptors (Lipinski definition) is 5. The van der Waals surface area contributed by atoms with E-state index < -0.39 is 5.97 Å². The third-order valence-electron chi connectivity index (χ3n) is 3.18. The van der Waals surface area contributed by atoms with Gasteiger partial charge >= 0.3 is 5.97 Å². The average molecular weight is 267 g/mol. The van der Waals surface area contributed by atoms with Crippen LogP contribution in [-0.4, -0.2) is 44.8 Å². The second kappa shape index (κ2) is 6.15. The fourth-order valence-electron chi connectivity index (χ4n) is 2.29. The summed E-state index contributed by atoms with van der Waals surface area (Å²) in [7, 11) is 0. The Morgan fingerprint density at radius 2 is 2.28 bits per heavy atom. The van der Waals surface area contributed by atoms with E-state index in [0.717, 1.165) is 36.5 Å². The Morgan fingerprint density at radius 3 is 3.00 bits per heavy atom. The van der Waals surface area contributed by atoms with Crippen molar-refractivity contribution in [1.82, 2.24) is 14.9 Å². The van der Waals surface area contributed by atoms with Gasteiger partial charge in [0.2, 0.25) is 0 Å². The van der Waals surface area contributed by atoms with E-state index in [0.29, 0.717) is 6.54 Å². The molecule has 1 unspecified atom stereocenters. The van der Waals surface area contributed by atoms with Crippen molar-refractivity contribution in [2.24, 2.45) is 0 Å². The molecule has 1 aliphatic rings. The first-order chi connectivity index (χ1) is 8.72. The number of thioether (sulfide) groups is 1. The zero-order valence-corrected chi connectivity index (χ0v) is 11.2. The number of carbonyl (C=O) groups is 1. The molecular formula is C12H17N3O2S. The maximum absolute atomic E-state index is 11.2. The molecule has 6 heteroatoms. The van der Waals surface area contributed by atoms with Gasteiger partial charge in [0.15, 0.2) is 0 Å². The molecule has 1 N–H and O–H groups in total. The highest BCUT2D eigenvalue weighted by molar-refractivity contribution is 7.98. The molecule has 0 saturated carbocycles. The van der Waals surface area contributed by atoms with Crippen molar-refractivity contribution in [3.8, 4) is 0 Å². The largest absolute Gasteiger partial charge is 0.480 e. The van der Waals surface area contributed by atoms with Crippen LogP contribution in [0.3, 0.4) is 0 Å². The minimum atomic E-state index is -0.732. The standard InChI is InChI=1S/C12H17N3O2S/c1-18-11-9(13-5-6-14-11)8-15-7-3-2-4-10(15)12(16)17/h5-6,10H,2-4,7-8H2,1H3,(H,16,17). The van der Waals surface area contributed by atoms with Gasteiger partial charge in [0.25, 0.3) is 0 Å². The molecule has 0 amide bonds. The highest BCUT2D eigenvalue weighted by Crippen LogP contribution is 2.22. The summed E-state index contributed by atoms with van der Waals surface area (Å²) in [6.45, 7) is 1.39. The monoisotopic (exact) mass is 267 g/mol. The highest BCUT2D eigenvalue weighted by atomic mass is 32.2. The number of hydrogen-bond donors (Lipinski definition) is 1. The number of nitrogens with zero attached hydrogens (tertiary/aromatic N) is 3. The molecule has 5 nitrogen and oxygen atoms in total. The molecule has 1 saturated heterocycles. The smallest absolute Gasteiger partial charge is 0.320 e. The van der Waals surface area contributed by atoms with Crippen LogP contribution < -0.4 is 0 Å². The van der Waals surface area contributed by atoms with Crippen LogP contribution in [0.25, 0.3) is 0 Å². The van der Waals surface area contributed by atoms with Gasteiger partial charge in [-0.1, -0.05) is 6.42 Å². The molecule has 2 rings (SSSR count). The lowest BCUT2D eigenvalue weighted by Crippen LogP contribution is -2.44. The maximum Gasteiger partial charge on any atom is 0.320 e. The Hall–Kier alpha value is -1.14. The second-order valence-electron chi connectivity index (χ2n) is 4.33. The van der Waals surface area contributed by atoms with E-state index in [1.807, 2.05) is 11.2 Å². The highest BCUT2D eigenvalue weighted by Gasteiger charge is 2.29. The van der Waals surface area contributed by atoms with Crippen LogP contribution in [0.2, 0.25) is 0 Å². The number of aliphatic carboxylic acids is 1. The molecule has 0 radical (unpaired) electrons. The minimum absolute atomic E-state index is 0.379. The van der Waals surface area contributed by atoms with Crippen molar-refractivity contribution in [2.45, 2.75) is 36.9 Å². The number of piperidine rings is 1. The number of carboxylic acids is 1. The zero-order valence-electron chi connectivity index (χ0n) is 10.4. The minimum Gasteiger partial charge on any atom is -0.480 e. The fraction of sp³-hybridized carbons (Fsp3) is 0.583. The topological polar surface area (TPSA) is 66.3 Å². The number of likely N-dealkylation sites (tertiary alicyclic amines) is 1. The van der Waals surface area contributed by atoms with E-state index in [-0.39, 0.29) is 6.04 Å². The normalized spacial score (nSPS) is 20.8. The van der Waals surface area contributed by atoms with Crippen LogP contribution in [0.15, 0.2) is 17.4 Å². The Bertz CT molecular complexity index is 428. The summed E-state index contributed by atoms with van der Waals surface area (Å²) in [5.74, 6) is -0.732. The van der Waals surface area contributed by atoms with Crippen LogP contribution in [0.5, 0.6) is 0 Å². The first-order valence-electron chi connectivity index (χ1n) is 6.03. The summed E-state index contributed by atoms with van der Waals surface area (Å²) in [5, 5.41) is 10.1. The zero-order chi connectivity index (χ0) is 13.0. The molecule has 2 heterocycles. The predicted molar refractivity (Wildman–Crippen MR) is 69.5 cm³/mol. The van der Waals surface area contributed by atoms with E-state index in [1.165, 1.54) is 0 Å². The molecule has 1 aromatic rings. The third-order valence-corrected chi connectivity index (χ3v) is 3.91. The van der Waals surface area contributed by atoms with Gasteiger partial charge in [-0.3, -0.25) is 14.7 Å². The summed E-state index contributed by atoms with van der Waals surface area (Å²) in [6.07, 6.45) is 8.06. The first kappa shape index (κ1) is 13.3. The van der Waals surface area contributed by atoms with Crippen molar-refractivity contribution in [3.05, 3.63) is 18.1 Å². The molecule has 1 aromatic heterocycles. The van der Waals surface area contributed by atoms with Crippen LogP contribution in [-0.2, 0) is 11.3 Å². The first-order valence-corrected chi connectivity index (χ1v) is 7.25. The lowest BCUT2D eigenvalue weighted by Gasteiger charge is -2.32. The lowest BCUT2D eigenvalue weighted by atomic mass is 10.0. The van der Waals surface area contributed by atoms with Crippen molar-refractivity contribution in [2.75, 3.05) is 12.8 Å². The molecule has 98 valence electrons. The number of aromatic nitrogens is 2. The quantitative estimate of drug-likeness (QED) is 0.837. The summed E-state index contributed by atoms with van der Waals surface area (Å²) < 4.78 is 0. The Labute approximate surface area is 111 Å². The third kappa shape index (κ3) is 3.00. The summed E-state index contributed by atoms with van der Waals surface area (Å²) in [4.78, 5) is 21.8. The maximum atomic E-state index is 11.2. The molecule has 0 spiro atoms. The molecule has 1 fully saturated rings. The Kier molecular flexibility index (Phi) is 4.54. The van der Waals surface area contributed by atoms with Gasteiger partial charge in [-0.25, -0.2) is 4.98 Å². The summed E-state index contributed by atoms with van der Waals surface area (Å²) in [5.41, 5.74) is 0.873.